The van der Waals surface area contributed by atoms with Gasteiger partial charge in [-0.15, -0.1) is 0 Å². The molecule has 0 spiro atoms. The second-order valence-corrected chi connectivity index (χ2v) is 11.7. The van der Waals surface area contributed by atoms with Crippen molar-refractivity contribution >= 4 is 51.7 Å². The summed E-state index contributed by atoms with van der Waals surface area (Å²) >= 11 is 6.91. The molecule has 1 amide bonds. The maximum atomic E-state index is 13.6. The maximum Gasteiger partial charge on any atom is 0.267 e. The number of aromatic nitrogens is 2. The normalized spacial score (nSPS) is 25.5. The van der Waals surface area contributed by atoms with Crippen molar-refractivity contribution in [2.45, 2.75) is 83.7 Å². The third-order valence-electron chi connectivity index (χ3n) is 7.40. The molecular formula is C26H32N4O2S2. The van der Waals surface area contributed by atoms with E-state index in [0.717, 1.165) is 50.0 Å². The predicted octanol–water partition coefficient (Wildman–Crippen LogP) is 5.53. The molecule has 180 valence electrons. The number of carbonyl (C=O) groups is 1. The topological polar surface area (TPSA) is 66.7 Å². The van der Waals surface area contributed by atoms with Crippen LogP contribution in [-0.2, 0) is 4.79 Å². The zero-order chi connectivity index (χ0) is 23.8. The number of hydrogen-bond donors (Lipinski definition) is 1. The first-order chi connectivity index (χ1) is 16.4. The molecule has 2 aromatic heterocycles. The number of hydrogen-bond acceptors (Lipinski definition) is 6. The molecule has 3 heterocycles. The fourth-order valence-electron chi connectivity index (χ4n) is 5.36. The Hall–Kier alpha value is -2.19. The molecule has 2 saturated carbocycles. The number of nitrogens with zero attached hydrogens (tertiary/aromatic N) is 3. The SMILES string of the molecule is Cc1ccc2nc(NC3CCC(C)CC3)c(/C=C3/SC(=S)N(C4CCCCC4)C3=O)c(=O)n2c1. The third kappa shape index (κ3) is 4.67. The van der Waals surface area contributed by atoms with Crippen molar-refractivity contribution in [2.75, 3.05) is 5.32 Å². The van der Waals surface area contributed by atoms with E-state index in [0.29, 0.717) is 26.3 Å². The highest BCUT2D eigenvalue weighted by Crippen LogP contribution is 2.37. The third-order valence-corrected chi connectivity index (χ3v) is 8.73. The van der Waals surface area contributed by atoms with Crippen molar-refractivity contribution in [2.24, 2.45) is 5.92 Å². The lowest BCUT2D eigenvalue weighted by Gasteiger charge is -2.29. The van der Waals surface area contributed by atoms with E-state index in [9.17, 15) is 9.59 Å². The summed E-state index contributed by atoms with van der Waals surface area (Å²) in [6, 6.07) is 4.28. The van der Waals surface area contributed by atoms with Crippen LogP contribution in [0.5, 0.6) is 0 Å². The van der Waals surface area contributed by atoms with E-state index < -0.39 is 0 Å². The fourth-order valence-corrected chi connectivity index (χ4v) is 6.74. The maximum absolute atomic E-state index is 13.6. The molecule has 0 bridgehead atoms. The lowest BCUT2D eigenvalue weighted by Crippen LogP contribution is -2.39. The van der Waals surface area contributed by atoms with Gasteiger partial charge in [0.1, 0.15) is 15.8 Å². The van der Waals surface area contributed by atoms with Crippen molar-refractivity contribution < 1.29 is 4.79 Å². The zero-order valence-corrected chi connectivity index (χ0v) is 21.5. The van der Waals surface area contributed by atoms with Gasteiger partial charge in [-0.05, 0) is 69.1 Å². The number of fused-ring (bicyclic) bond motifs is 1. The van der Waals surface area contributed by atoms with Crippen LogP contribution in [0.4, 0.5) is 5.82 Å². The van der Waals surface area contributed by atoms with Crippen LogP contribution in [-0.4, -0.2) is 36.6 Å². The van der Waals surface area contributed by atoms with Crippen LogP contribution in [0.15, 0.2) is 28.0 Å². The minimum absolute atomic E-state index is 0.0759. The summed E-state index contributed by atoms with van der Waals surface area (Å²) in [6.07, 6.45) is 13.4. The summed E-state index contributed by atoms with van der Waals surface area (Å²) in [7, 11) is 0. The average Bonchev–Trinajstić information content (AvgIpc) is 3.11. The highest BCUT2D eigenvalue weighted by atomic mass is 32.2. The molecule has 2 aliphatic carbocycles. The number of anilines is 1. The Labute approximate surface area is 210 Å². The molecule has 34 heavy (non-hydrogen) atoms. The number of thiocarbonyl (C=S) groups is 1. The predicted molar refractivity (Wildman–Crippen MR) is 143 cm³/mol. The van der Waals surface area contributed by atoms with Gasteiger partial charge in [-0.1, -0.05) is 56.2 Å². The lowest BCUT2D eigenvalue weighted by atomic mass is 9.87. The number of amides is 1. The average molecular weight is 497 g/mol. The highest BCUT2D eigenvalue weighted by molar-refractivity contribution is 8.26. The van der Waals surface area contributed by atoms with Crippen molar-refractivity contribution in [3.05, 3.63) is 44.7 Å². The largest absolute Gasteiger partial charge is 0.367 e. The molecule has 6 nitrogen and oxygen atoms in total. The van der Waals surface area contributed by atoms with E-state index in [1.165, 1.54) is 31.0 Å². The van der Waals surface area contributed by atoms with E-state index >= 15 is 0 Å². The molecule has 0 atom stereocenters. The smallest absolute Gasteiger partial charge is 0.267 e. The first kappa shape index (κ1) is 23.5. The summed E-state index contributed by atoms with van der Waals surface area (Å²) in [4.78, 5) is 34.1. The molecule has 2 aromatic rings. The number of aryl methyl sites for hydroxylation is 1. The van der Waals surface area contributed by atoms with E-state index in [-0.39, 0.29) is 23.6 Å². The Balaban J connectivity index is 1.54. The Morgan fingerprint density at radius 2 is 1.82 bits per heavy atom. The van der Waals surface area contributed by atoms with Crippen LogP contribution in [0.1, 0.15) is 75.8 Å². The molecule has 8 heteroatoms. The van der Waals surface area contributed by atoms with E-state index in [1.54, 1.807) is 21.6 Å². The molecule has 5 rings (SSSR count). The Kier molecular flexibility index (Phi) is 6.80. The second kappa shape index (κ2) is 9.82. The lowest BCUT2D eigenvalue weighted by molar-refractivity contribution is -0.124. The van der Waals surface area contributed by atoms with Crippen molar-refractivity contribution in [3.8, 4) is 0 Å². The molecule has 0 unspecified atom stereocenters. The quantitative estimate of drug-likeness (QED) is 0.444. The number of rotatable bonds is 4. The van der Waals surface area contributed by atoms with Gasteiger partial charge in [-0.2, -0.15) is 0 Å². The molecule has 1 N–H and O–H groups in total. The number of carbonyl (C=O) groups excluding carboxylic acids is 1. The molecule has 0 aromatic carbocycles. The van der Waals surface area contributed by atoms with Crippen molar-refractivity contribution in [1.82, 2.24) is 14.3 Å². The van der Waals surface area contributed by atoms with Crippen LogP contribution in [0.3, 0.4) is 0 Å². The van der Waals surface area contributed by atoms with Crippen LogP contribution in [0.25, 0.3) is 11.7 Å². The molecule has 0 radical (unpaired) electrons. The Bertz CT molecular complexity index is 1210. The summed E-state index contributed by atoms with van der Waals surface area (Å²) in [5, 5.41) is 3.56. The number of thioether (sulfide) groups is 1. The van der Waals surface area contributed by atoms with Gasteiger partial charge in [0, 0.05) is 18.3 Å². The standard InChI is InChI=1S/C26H32N4O2S2/c1-16-8-11-18(12-9-16)27-23-20(24(31)29-15-17(2)10-13-22(29)28-23)14-21-25(32)30(26(33)34-21)19-6-4-3-5-7-19/h10,13-16,18-19,27H,3-9,11-12H2,1-2H3/b21-14+. The van der Waals surface area contributed by atoms with E-state index in [4.69, 9.17) is 17.2 Å². The van der Waals surface area contributed by atoms with Gasteiger partial charge >= 0.3 is 0 Å². The molecular weight excluding hydrogens is 464 g/mol. The van der Waals surface area contributed by atoms with Crippen molar-refractivity contribution in [3.63, 3.8) is 0 Å². The first-order valence-corrected chi connectivity index (χ1v) is 13.7. The highest BCUT2D eigenvalue weighted by Gasteiger charge is 2.38. The zero-order valence-electron chi connectivity index (χ0n) is 19.9. The molecule has 3 fully saturated rings. The van der Waals surface area contributed by atoms with Gasteiger partial charge in [0.05, 0.1) is 10.5 Å². The van der Waals surface area contributed by atoms with Crippen LogP contribution >= 0.6 is 24.0 Å². The Morgan fingerprint density at radius 3 is 2.56 bits per heavy atom. The monoisotopic (exact) mass is 496 g/mol. The minimum Gasteiger partial charge on any atom is -0.367 e. The van der Waals surface area contributed by atoms with Gasteiger partial charge < -0.3 is 5.32 Å². The molecule has 1 saturated heterocycles. The van der Waals surface area contributed by atoms with Crippen LogP contribution in [0.2, 0.25) is 0 Å². The van der Waals surface area contributed by atoms with E-state index in [2.05, 4.69) is 12.2 Å². The van der Waals surface area contributed by atoms with Gasteiger partial charge in [-0.25, -0.2) is 4.98 Å². The van der Waals surface area contributed by atoms with Crippen LogP contribution < -0.4 is 10.9 Å². The first-order valence-electron chi connectivity index (χ1n) is 12.5. The minimum atomic E-state index is -0.164. The summed E-state index contributed by atoms with van der Waals surface area (Å²) in [6.45, 7) is 4.25. The van der Waals surface area contributed by atoms with Gasteiger partial charge in [0.25, 0.3) is 11.5 Å². The Morgan fingerprint density at radius 1 is 1.09 bits per heavy atom. The van der Waals surface area contributed by atoms with Gasteiger partial charge in [-0.3, -0.25) is 18.9 Å². The number of nitrogens with one attached hydrogen (secondary N) is 1. The molecule has 1 aliphatic heterocycles. The summed E-state index contributed by atoms with van der Waals surface area (Å²) < 4.78 is 2.18. The van der Waals surface area contributed by atoms with Crippen LogP contribution in [0, 0.1) is 12.8 Å². The van der Waals surface area contributed by atoms with E-state index in [1.807, 2.05) is 19.1 Å². The molecule has 3 aliphatic rings. The second-order valence-electron chi connectivity index (χ2n) is 10.1. The van der Waals surface area contributed by atoms with Gasteiger partial charge in [0.2, 0.25) is 0 Å². The number of pyridine rings is 1. The summed E-state index contributed by atoms with van der Waals surface area (Å²) in [5.41, 5.74) is 1.86. The summed E-state index contributed by atoms with van der Waals surface area (Å²) in [5.74, 6) is 1.22. The van der Waals surface area contributed by atoms with Gasteiger partial charge in [0.15, 0.2) is 0 Å². The fraction of sp³-hybridized carbons (Fsp3) is 0.538. The van der Waals surface area contributed by atoms with Crippen molar-refractivity contribution in [1.29, 1.82) is 0 Å².